The number of nitrogens with one attached hydrogen (secondary N) is 2. The molecular formula is C26H31N5O3. The van der Waals surface area contributed by atoms with Crippen molar-refractivity contribution in [2.75, 3.05) is 45.2 Å². The van der Waals surface area contributed by atoms with E-state index in [0.717, 1.165) is 48.7 Å². The highest BCUT2D eigenvalue weighted by atomic mass is 16.7. The van der Waals surface area contributed by atoms with Crippen molar-refractivity contribution in [3.05, 3.63) is 65.2 Å². The van der Waals surface area contributed by atoms with Crippen molar-refractivity contribution < 1.29 is 14.4 Å². The number of nitriles is 1. The number of methoxy groups -OCH3 is 1. The third kappa shape index (κ3) is 4.86. The molecule has 2 aliphatic rings. The summed E-state index contributed by atoms with van der Waals surface area (Å²) in [5, 5.41) is 11.6. The van der Waals surface area contributed by atoms with Crippen LogP contribution < -0.4 is 20.4 Å². The summed E-state index contributed by atoms with van der Waals surface area (Å²) in [7, 11) is 3.81. The zero-order valence-corrected chi connectivity index (χ0v) is 20.1. The van der Waals surface area contributed by atoms with Crippen molar-refractivity contribution >= 4 is 17.4 Å². The zero-order chi connectivity index (χ0) is 24.3. The normalized spacial score (nSPS) is 21.3. The molecule has 34 heavy (non-hydrogen) atoms. The largest absolute Gasteiger partial charge is 0.496 e. The van der Waals surface area contributed by atoms with E-state index in [1.807, 2.05) is 43.3 Å². The molecule has 178 valence electrons. The first kappa shape index (κ1) is 23.6. The molecule has 0 spiro atoms. The maximum Gasteiger partial charge on any atom is 0.252 e. The molecule has 0 saturated carbocycles. The fraction of sp³-hybridized carbons (Fsp3) is 0.385. The lowest BCUT2D eigenvalue weighted by atomic mass is 9.90. The Bertz CT molecular complexity index is 1130. The molecule has 8 nitrogen and oxygen atoms in total. The molecule has 1 amide bonds. The van der Waals surface area contributed by atoms with Gasteiger partial charge >= 0.3 is 0 Å². The van der Waals surface area contributed by atoms with Crippen LogP contribution >= 0.6 is 0 Å². The molecule has 0 aromatic heterocycles. The van der Waals surface area contributed by atoms with Crippen LogP contribution in [0.3, 0.4) is 0 Å². The number of hydrogen-bond acceptors (Lipinski definition) is 7. The number of hydroxylamine groups is 1. The lowest BCUT2D eigenvalue weighted by Crippen LogP contribution is -2.44. The number of ether oxygens (including phenoxy) is 1. The molecule has 2 heterocycles. The Balaban J connectivity index is 1.58. The van der Waals surface area contributed by atoms with Crippen LogP contribution in [-0.2, 0) is 10.4 Å². The second-order valence-electron chi connectivity index (χ2n) is 9.00. The summed E-state index contributed by atoms with van der Waals surface area (Å²) >= 11 is 0. The SMILES string of the molecule is COc1cc(N2CCN(C)CC2)ccc1C1=CC(C)(c2cccc(C(=O)NC(C)C#N)c2)NO1. The lowest BCUT2D eigenvalue weighted by Gasteiger charge is -2.34. The molecule has 1 saturated heterocycles. The van der Waals surface area contributed by atoms with Gasteiger partial charge in [0, 0.05) is 43.5 Å². The van der Waals surface area contributed by atoms with Crippen LogP contribution in [0, 0.1) is 11.3 Å². The number of piperazine rings is 1. The molecular weight excluding hydrogens is 430 g/mol. The van der Waals surface area contributed by atoms with E-state index < -0.39 is 11.6 Å². The molecule has 1 fully saturated rings. The Kier molecular flexibility index (Phi) is 6.77. The standard InChI is InChI=1S/C26H31N5O3/c1-18(17-27)28-25(32)19-6-5-7-20(14-19)26(2)16-24(34-29-26)22-9-8-21(15-23(22)33-4)31-12-10-30(3)11-13-31/h5-9,14-16,18,29H,10-13H2,1-4H3,(H,28,32). The van der Waals surface area contributed by atoms with Crippen LogP contribution in [0.4, 0.5) is 5.69 Å². The number of nitrogens with zero attached hydrogens (tertiary/aromatic N) is 3. The molecule has 0 radical (unpaired) electrons. The molecule has 0 bridgehead atoms. The Morgan fingerprint density at radius 1 is 1.24 bits per heavy atom. The van der Waals surface area contributed by atoms with Gasteiger partial charge < -0.3 is 24.7 Å². The van der Waals surface area contributed by atoms with Crippen LogP contribution in [-0.4, -0.2) is 57.2 Å². The monoisotopic (exact) mass is 461 g/mol. The Hall–Kier alpha value is -3.54. The van der Waals surface area contributed by atoms with Gasteiger partial charge in [0.2, 0.25) is 0 Å². The van der Waals surface area contributed by atoms with Gasteiger partial charge in [-0.3, -0.25) is 4.79 Å². The molecule has 2 aromatic carbocycles. The van der Waals surface area contributed by atoms with Crippen LogP contribution in [0.15, 0.2) is 48.5 Å². The summed E-state index contributed by atoms with van der Waals surface area (Å²) in [6, 6.07) is 14.9. The minimum absolute atomic E-state index is 0.288. The average molecular weight is 462 g/mol. The molecule has 8 heteroatoms. The second-order valence-corrected chi connectivity index (χ2v) is 9.00. The first-order chi connectivity index (χ1) is 16.3. The number of likely N-dealkylation sites (N-methyl/N-ethyl adjacent to an activating group) is 1. The lowest BCUT2D eigenvalue weighted by molar-refractivity contribution is 0.0946. The van der Waals surface area contributed by atoms with Gasteiger partial charge in [0.25, 0.3) is 5.91 Å². The van der Waals surface area contributed by atoms with E-state index in [-0.39, 0.29) is 5.91 Å². The van der Waals surface area contributed by atoms with Crippen molar-refractivity contribution in [1.29, 1.82) is 5.26 Å². The number of hydrogen-bond donors (Lipinski definition) is 2. The highest BCUT2D eigenvalue weighted by Crippen LogP contribution is 2.38. The van der Waals surface area contributed by atoms with E-state index in [1.54, 1.807) is 20.1 Å². The van der Waals surface area contributed by atoms with Crippen LogP contribution in [0.2, 0.25) is 0 Å². The Morgan fingerprint density at radius 3 is 2.71 bits per heavy atom. The second kappa shape index (κ2) is 9.75. The number of carbonyl (C=O) groups is 1. The third-order valence-corrected chi connectivity index (χ3v) is 6.38. The summed E-state index contributed by atoms with van der Waals surface area (Å²) < 4.78 is 5.72. The topological polar surface area (TPSA) is 89.9 Å². The van der Waals surface area contributed by atoms with Gasteiger partial charge in [0.15, 0.2) is 5.76 Å². The summed E-state index contributed by atoms with van der Waals surface area (Å²) in [6.07, 6.45) is 2.00. The number of rotatable bonds is 6. The number of carbonyl (C=O) groups excluding carboxylic acids is 1. The molecule has 2 atom stereocenters. The van der Waals surface area contributed by atoms with Crippen LogP contribution in [0.1, 0.15) is 35.3 Å². The quantitative estimate of drug-likeness (QED) is 0.684. The fourth-order valence-corrected chi connectivity index (χ4v) is 4.20. The van der Waals surface area contributed by atoms with E-state index in [0.29, 0.717) is 11.3 Å². The molecule has 2 N–H and O–H groups in total. The molecule has 2 aromatic rings. The van der Waals surface area contributed by atoms with Gasteiger partial charge in [0.05, 0.1) is 24.3 Å². The van der Waals surface area contributed by atoms with E-state index in [9.17, 15) is 4.79 Å². The molecule has 0 aliphatic carbocycles. The van der Waals surface area contributed by atoms with Gasteiger partial charge in [-0.1, -0.05) is 12.1 Å². The van der Waals surface area contributed by atoms with Crippen molar-refractivity contribution in [3.63, 3.8) is 0 Å². The average Bonchev–Trinajstić information content (AvgIpc) is 3.27. The number of benzene rings is 2. The van der Waals surface area contributed by atoms with E-state index in [4.69, 9.17) is 14.8 Å². The predicted octanol–water partition coefficient (Wildman–Crippen LogP) is 2.88. The summed E-state index contributed by atoms with van der Waals surface area (Å²) in [5.41, 5.74) is 5.80. The van der Waals surface area contributed by atoms with Gasteiger partial charge in [-0.15, -0.1) is 5.48 Å². The van der Waals surface area contributed by atoms with Crippen LogP contribution in [0.5, 0.6) is 5.75 Å². The predicted molar refractivity (Wildman–Crippen MR) is 131 cm³/mol. The number of amides is 1. The summed E-state index contributed by atoms with van der Waals surface area (Å²) in [5.74, 6) is 1.12. The fourth-order valence-electron chi connectivity index (χ4n) is 4.20. The van der Waals surface area contributed by atoms with Gasteiger partial charge in [-0.25, -0.2) is 0 Å². The van der Waals surface area contributed by atoms with Gasteiger partial charge in [0.1, 0.15) is 11.8 Å². The zero-order valence-electron chi connectivity index (χ0n) is 20.1. The van der Waals surface area contributed by atoms with Crippen molar-refractivity contribution in [2.45, 2.75) is 25.4 Å². The molecule has 2 aliphatic heterocycles. The van der Waals surface area contributed by atoms with E-state index >= 15 is 0 Å². The van der Waals surface area contributed by atoms with E-state index in [1.165, 1.54) is 0 Å². The highest BCUT2D eigenvalue weighted by molar-refractivity contribution is 5.94. The van der Waals surface area contributed by atoms with Gasteiger partial charge in [-0.05, 0) is 56.8 Å². The first-order valence-corrected chi connectivity index (χ1v) is 11.4. The minimum Gasteiger partial charge on any atom is -0.496 e. The van der Waals surface area contributed by atoms with Crippen molar-refractivity contribution in [2.24, 2.45) is 0 Å². The summed E-state index contributed by atoms with van der Waals surface area (Å²) in [6.45, 7) is 7.66. The Labute approximate surface area is 200 Å². The van der Waals surface area contributed by atoms with Crippen molar-refractivity contribution in [1.82, 2.24) is 15.7 Å². The van der Waals surface area contributed by atoms with E-state index in [2.05, 4.69) is 39.8 Å². The summed E-state index contributed by atoms with van der Waals surface area (Å²) in [4.78, 5) is 23.1. The highest BCUT2D eigenvalue weighted by Gasteiger charge is 2.34. The number of anilines is 1. The van der Waals surface area contributed by atoms with Crippen molar-refractivity contribution in [3.8, 4) is 11.8 Å². The molecule has 2 unspecified atom stereocenters. The van der Waals surface area contributed by atoms with Gasteiger partial charge in [-0.2, -0.15) is 5.26 Å². The molecule has 4 rings (SSSR count). The smallest absolute Gasteiger partial charge is 0.252 e. The third-order valence-electron chi connectivity index (χ3n) is 6.38. The maximum absolute atomic E-state index is 12.5. The Morgan fingerprint density at radius 2 is 2.00 bits per heavy atom. The van der Waals surface area contributed by atoms with Crippen LogP contribution in [0.25, 0.3) is 5.76 Å². The minimum atomic E-state index is -0.645. The first-order valence-electron chi connectivity index (χ1n) is 11.4. The maximum atomic E-state index is 12.5.